The Morgan fingerprint density at radius 2 is 1.76 bits per heavy atom. The van der Waals surface area contributed by atoms with Crippen molar-refractivity contribution in [3.05, 3.63) is 59.9 Å². The SMILES string of the molecule is CC(OC(=O)c1ccc(OCC(=O)N2C(C)CCCC2C)cc1)C(=O)Nc1cccc(F)c1. The number of hydrogen-bond acceptors (Lipinski definition) is 5. The van der Waals surface area contributed by atoms with Crippen molar-refractivity contribution in [1.29, 1.82) is 0 Å². The van der Waals surface area contributed by atoms with Crippen molar-refractivity contribution in [3.8, 4) is 5.75 Å². The summed E-state index contributed by atoms with van der Waals surface area (Å²) in [5.74, 6) is -1.35. The minimum Gasteiger partial charge on any atom is -0.484 e. The molecule has 0 spiro atoms. The lowest BCUT2D eigenvalue weighted by atomic mass is 9.97. The molecule has 8 heteroatoms. The number of ether oxygens (including phenoxy) is 2. The van der Waals surface area contributed by atoms with Crippen LogP contribution in [0.15, 0.2) is 48.5 Å². The van der Waals surface area contributed by atoms with Gasteiger partial charge in [-0.1, -0.05) is 6.07 Å². The number of hydrogen-bond donors (Lipinski definition) is 1. The molecule has 1 N–H and O–H groups in total. The van der Waals surface area contributed by atoms with Gasteiger partial charge < -0.3 is 19.7 Å². The molecular weight excluding hydrogens is 427 g/mol. The van der Waals surface area contributed by atoms with Crippen molar-refractivity contribution in [2.24, 2.45) is 0 Å². The van der Waals surface area contributed by atoms with Gasteiger partial charge in [-0.3, -0.25) is 9.59 Å². The molecule has 0 aromatic heterocycles. The predicted octanol–water partition coefficient (Wildman–Crippen LogP) is 4.18. The molecule has 2 amide bonds. The van der Waals surface area contributed by atoms with Crippen LogP contribution >= 0.6 is 0 Å². The third-order valence-electron chi connectivity index (χ3n) is 5.68. The van der Waals surface area contributed by atoms with Crippen molar-refractivity contribution in [1.82, 2.24) is 4.90 Å². The van der Waals surface area contributed by atoms with Gasteiger partial charge in [-0.15, -0.1) is 0 Å². The van der Waals surface area contributed by atoms with E-state index in [1.54, 1.807) is 12.1 Å². The molecule has 33 heavy (non-hydrogen) atoms. The topological polar surface area (TPSA) is 84.9 Å². The first-order chi connectivity index (χ1) is 15.7. The molecule has 2 aromatic rings. The molecule has 0 saturated carbocycles. The number of esters is 1. The maximum absolute atomic E-state index is 13.2. The van der Waals surface area contributed by atoms with Gasteiger partial charge in [0.15, 0.2) is 12.7 Å². The Bertz CT molecular complexity index is 985. The highest BCUT2D eigenvalue weighted by atomic mass is 19.1. The Hall–Kier alpha value is -3.42. The van der Waals surface area contributed by atoms with E-state index in [9.17, 15) is 18.8 Å². The number of rotatable bonds is 7. The molecule has 1 saturated heterocycles. The van der Waals surface area contributed by atoms with Crippen LogP contribution in [-0.4, -0.2) is 47.5 Å². The van der Waals surface area contributed by atoms with Gasteiger partial charge in [0.2, 0.25) is 0 Å². The van der Waals surface area contributed by atoms with Crippen LogP contribution < -0.4 is 10.1 Å². The van der Waals surface area contributed by atoms with E-state index in [1.165, 1.54) is 43.3 Å². The van der Waals surface area contributed by atoms with Crippen LogP contribution in [0.1, 0.15) is 50.4 Å². The summed E-state index contributed by atoms with van der Waals surface area (Å²) in [5.41, 5.74) is 0.504. The van der Waals surface area contributed by atoms with Gasteiger partial charge in [-0.05, 0) is 82.5 Å². The highest BCUT2D eigenvalue weighted by Gasteiger charge is 2.29. The average Bonchev–Trinajstić information content (AvgIpc) is 2.78. The fourth-order valence-electron chi connectivity index (χ4n) is 3.91. The van der Waals surface area contributed by atoms with Gasteiger partial charge in [0, 0.05) is 17.8 Å². The number of likely N-dealkylation sites (tertiary alicyclic amines) is 1. The second kappa shape index (κ2) is 10.9. The Morgan fingerprint density at radius 1 is 1.09 bits per heavy atom. The van der Waals surface area contributed by atoms with Crippen LogP contribution in [0.5, 0.6) is 5.75 Å². The summed E-state index contributed by atoms with van der Waals surface area (Å²) >= 11 is 0. The van der Waals surface area contributed by atoms with Crippen LogP contribution in [0.4, 0.5) is 10.1 Å². The minimum atomic E-state index is -1.08. The number of carbonyl (C=O) groups is 3. The zero-order valence-corrected chi connectivity index (χ0v) is 19.0. The molecule has 0 aliphatic carbocycles. The number of piperidine rings is 1. The summed E-state index contributed by atoms with van der Waals surface area (Å²) in [5, 5.41) is 2.50. The molecule has 1 fully saturated rings. The van der Waals surface area contributed by atoms with E-state index in [0.29, 0.717) is 5.75 Å². The number of anilines is 1. The average molecular weight is 457 g/mol. The van der Waals surface area contributed by atoms with Crippen molar-refractivity contribution >= 4 is 23.5 Å². The van der Waals surface area contributed by atoms with E-state index in [2.05, 4.69) is 5.32 Å². The van der Waals surface area contributed by atoms with Crippen LogP contribution in [0.3, 0.4) is 0 Å². The normalized spacial score (nSPS) is 18.8. The van der Waals surface area contributed by atoms with E-state index in [0.717, 1.165) is 19.3 Å². The number of benzene rings is 2. The minimum absolute atomic E-state index is 0.0590. The molecule has 2 aromatic carbocycles. The van der Waals surface area contributed by atoms with Gasteiger partial charge in [0.05, 0.1) is 5.56 Å². The third kappa shape index (κ3) is 6.54. The van der Waals surface area contributed by atoms with Crippen molar-refractivity contribution in [2.75, 3.05) is 11.9 Å². The lowest BCUT2D eigenvalue weighted by Gasteiger charge is -2.38. The number of halogens is 1. The molecule has 7 nitrogen and oxygen atoms in total. The molecule has 3 rings (SSSR count). The van der Waals surface area contributed by atoms with Gasteiger partial charge >= 0.3 is 5.97 Å². The Balaban J connectivity index is 1.50. The van der Waals surface area contributed by atoms with Crippen LogP contribution in [0.2, 0.25) is 0 Å². The van der Waals surface area contributed by atoms with Gasteiger partial charge in [-0.25, -0.2) is 9.18 Å². The predicted molar refractivity (Wildman–Crippen MR) is 121 cm³/mol. The first kappa shape index (κ1) is 24.2. The lowest BCUT2D eigenvalue weighted by Crippen LogP contribution is -2.49. The fraction of sp³-hybridized carbons (Fsp3) is 0.400. The number of amides is 2. The molecule has 176 valence electrons. The second-order valence-corrected chi connectivity index (χ2v) is 8.29. The monoisotopic (exact) mass is 456 g/mol. The Kier molecular flexibility index (Phi) is 8.03. The van der Waals surface area contributed by atoms with E-state index >= 15 is 0 Å². The summed E-state index contributed by atoms with van der Waals surface area (Å²) in [6.45, 7) is 5.45. The Labute approximate surface area is 192 Å². The lowest BCUT2D eigenvalue weighted by molar-refractivity contribution is -0.139. The van der Waals surface area contributed by atoms with Crippen LogP contribution in [0.25, 0.3) is 0 Å². The molecule has 1 aliphatic heterocycles. The van der Waals surface area contributed by atoms with E-state index in [-0.39, 0.29) is 35.8 Å². The number of nitrogens with zero attached hydrogens (tertiary/aromatic N) is 1. The van der Waals surface area contributed by atoms with Crippen molar-refractivity contribution < 1.29 is 28.2 Å². The zero-order chi connectivity index (χ0) is 24.0. The fourth-order valence-corrected chi connectivity index (χ4v) is 3.91. The molecule has 1 heterocycles. The molecule has 0 radical (unpaired) electrons. The summed E-state index contributed by atoms with van der Waals surface area (Å²) in [4.78, 5) is 39.0. The summed E-state index contributed by atoms with van der Waals surface area (Å²) in [6, 6.07) is 12.0. The summed E-state index contributed by atoms with van der Waals surface area (Å²) in [7, 11) is 0. The molecule has 0 bridgehead atoms. The van der Waals surface area contributed by atoms with E-state index in [4.69, 9.17) is 9.47 Å². The van der Waals surface area contributed by atoms with Crippen LogP contribution in [-0.2, 0) is 14.3 Å². The maximum atomic E-state index is 13.2. The first-order valence-corrected chi connectivity index (χ1v) is 11.1. The Morgan fingerprint density at radius 3 is 2.39 bits per heavy atom. The van der Waals surface area contributed by atoms with Gasteiger partial charge in [0.1, 0.15) is 11.6 Å². The third-order valence-corrected chi connectivity index (χ3v) is 5.68. The van der Waals surface area contributed by atoms with Gasteiger partial charge in [0.25, 0.3) is 11.8 Å². The van der Waals surface area contributed by atoms with E-state index < -0.39 is 23.8 Å². The van der Waals surface area contributed by atoms with Crippen molar-refractivity contribution in [3.63, 3.8) is 0 Å². The molecule has 3 unspecified atom stereocenters. The number of carbonyl (C=O) groups excluding carboxylic acids is 3. The zero-order valence-electron chi connectivity index (χ0n) is 19.0. The largest absolute Gasteiger partial charge is 0.484 e. The van der Waals surface area contributed by atoms with Crippen molar-refractivity contribution in [2.45, 2.75) is 58.2 Å². The maximum Gasteiger partial charge on any atom is 0.338 e. The summed E-state index contributed by atoms with van der Waals surface area (Å²) in [6.07, 6.45) is 2.02. The molecular formula is C25H29FN2O5. The number of nitrogens with one attached hydrogen (secondary N) is 1. The smallest absolute Gasteiger partial charge is 0.338 e. The van der Waals surface area contributed by atoms with Crippen LogP contribution in [0, 0.1) is 5.82 Å². The quantitative estimate of drug-likeness (QED) is 0.632. The molecule has 3 atom stereocenters. The highest BCUT2D eigenvalue weighted by molar-refractivity contribution is 5.97. The summed E-state index contributed by atoms with van der Waals surface area (Å²) < 4.78 is 24.0. The van der Waals surface area contributed by atoms with E-state index in [1.807, 2.05) is 18.7 Å². The first-order valence-electron chi connectivity index (χ1n) is 11.1. The standard InChI is InChI=1S/C25H29FN2O5/c1-16-6-4-7-17(2)28(16)23(29)15-32-22-12-10-19(11-13-22)25(31)33-18(3)24(30)27-21-9-5-8-20(26)14-21/h5,8-14,16-18H,4,6-7,15H2,1-3H3,(H,27,30). The second-order valence-electron chi connectivity index (χ2n) is 8.29. The molecule has 1 aliphatic rings. The van der Waals surface area contributed by atoms with Gasteiger partial charge in [-0.2, -0.15) is 0 Å². The highest BCUT2D eigenvalue weighted by Crippen LogP contribution is 2.23.